The van der Waals surface area contributed by atoms with Gasteiger partial charge in [-0.25, -0.2) is 15.3 Å². The summed E-state index contributed by atoms with van der Waals surface area (Å²) in [6.45, 7) is 0. The normalized spacial score (nSPS) is 11.6. The van der Waals surface area contributed by atoms with Crippen LogP contribution in [0.15, 0.2) is 44.0 Å². The van der Waals surface area contributed by atoms with E-state index < -0.39 is 28.9 Å². The van der Waals surface area contributed by atoms with E-state index in [2.05, 4.69) is 15.6 Å². The average Bonchev–Trinajstić information content (AvgIpc) is 2.53. The van der Waals surface area contributed by atoms with Gasteiger partial charge in [-0.3, -0.25) is 14.6 Å². The van der Waals surface area contributed by atoms with Crippen molar-refractivity contribution in [3.8, 4) is 0 Å². The fraction of sp³-hybridized carbons (Fsp3) is 0.154. The number of nitrogens with one attached hydrogen (secondary N) is 3. The molecule has 0 fully saturated rings. The number of carbonyl (C=O) groups excluding carboxylic acids is 1. The molecule has 2 rings (SSSR count). The quantitative estimate of drug-likeness (QED) is 0.405. The van der Waals surface area contributed by atoms with E-state index in [1.807, 2.05) is 10.1 Å². The number of amides is 1. The Morgan fingerprint density at radius 2 is 1.96 bits per heavy atom. The van der Waals surface area contributed by atoms with E-state index >= 15 is 0 Å². The molecule has 0 bridgehead atoms. The van der Waals surface area contributed by atoms with E-state index in [1.165, 1.54) is 18.3 Å². The van der Waals surface area contributed by atoms with Crippen molar-refractivity contribution in [1.82, 2.24) is 20.6 Å². The number of aromatic nitrogens is 3. The summed E-state index contributed by atoms with van der Waals surface area (Å²) >= 11 is 0.779. The number of benzene rings is 1. The first-order chi connectivity index (χ1) is 11.8. The number of aromatic amines is 2. The predicted octanol–water partition coefficient (Wildman–Crippen LogP) is 0.719. The van der Waals surface area contributed by atoms with E-state index in [-0.39, 0.29) is 10.8 Å². The predicted molar refractivity (Wildman–Crippen MR) is 83.4 cm³/mol. The van der Waals surface area contributed by atoms with Crippen LogP contribution in [0.25, 0.3) is 0 Å². The van der Waals surface area contributed by atoms with Gasteiger partial charge in [-0.1, -0.05) is 23.9 Å². The highest BCUT2D eigenvalue weighted by Gasteiger charge is 2.29. The van der Waals surface area contributed by atoms with Crippen molar-refractivity contribution in [2.24, 2.45) is 5.10 Å². The Labute approximate surface area is 141 Å². The molecule has 1 aromatic heterocycles. The summed E-state index contributed by atoms with van der Waals surface area (Å²) in [5, 5.41) is 9.00. The van der Waals surface area contributed by atoms with Gasteiger partial charge in [-0.05, 0) is 17.7 Å². The molecule has 2 aromatic rings. The van der Waals surface area contributed by atoms with Gasteiger partial charge in [-0.2, -0.15) is 23.4 Å². The van der Waals surface area contributed by atoms with Gasteiger partial charge in [-0.15, -0.1) is 0 Å². The summed E-state index contributed by atoms with van der Waals surface area (Å²) in [7, 11) is 0. The van der Waals surface area contributed by atoms with E-state index in [9.17, 15) is 27.6 Å². The molecule has 0 unspecified atom stereocenters. The third kappa shape index (κ3) is 5.60. The Morgan fingerprint density at radius 3 is 2.56 bits per heavy atom. The second-order valence-electron chi connectivity index (χ2n) is 4.51. The van der Waals surface area contributed by atoms with Crippen molar-refractivity contribution < 1.29 is 18.0 Å². The highest BCUT2D eigenvalue weighted by molar-refractivity contribution is 7.99. The molecule has 0 radical (unpaired) electrons. The van der Waals surface area contributed by atoms with Gasteiger partial charge in [0.15, 0.2) is 5.03 Å². The van der Waals surface area contributed by atoms with Gasteiger partial charge in [0.25, 0.3) is 5.56 Å². The average molecular weight is 373 g/mol. The molecule has 0 aliphatic rings. The van der Waals surface area contributed by atoms with Crippen LogP contribution < -0.4 is 16.7 Å². The van der Waals surface area contributed by atoms with Crippen LogP contribution in [0.4, 0.5) is 13.2 Å². The van der Waals surface area contributed by atoms with Gasteiger partial charge in [0, 0.05) is 0 Å². The Hall–Kier alpha value is -2.89. The van der Waals surface area contributed by atoms with Crippen molar-refractivity contribution >= 4 is 23.9 Å². The third-order valence-electron chi connectivity index (χ3n) is 2.66. The van der Waals surface area contributed by atoms with Crippen LogP contribution in [0.5, 0.6) is 0 Å². The molecule has 12 heteroatoms. The summed E-state index contributed by atoms with van der Waals surface area (Å²) in [6, 6.07) is 4.20. The fourth-order valence-electron chi connectivity index (χ4n) is 1.54. The molecule has 0 aliphatic heterocycles. The Kier molecular flexibility index (Phi) is 5.75. The number of nitrogens with zero attached hydrogens (tertiary/aromatic N) is 2. The fourth-order valence-corrected chi connectivity index (χ4v) is 2.16. The first-order valence-electron chi connectivity index (χ1n) is 6.56. The molecule has 1 heterocycles. The molecule has 0 saturated heterocycles. The Morgan fingerprint density at radius 1 is 1.28 bits per heavy atom. The Bertz CT molecular complexity index is 889. The Balaban J connectivity index is 1.86. The minimum Gasteiger partial charge on any atom is -0.272 e. The third-order valence-corrected chi connectivity index (χ3v) is 3.62. The molecule has 3 N–H and O–H groups in total. The molecule has 0 aliphatic carbocycles. The van der Waals surface area contributed by atoms with Crippen LogP contribution in [-0.2, 0) is 11.0 Å². The molecule has 25 heavy (non-hydrogen) atoms. The summed E-state index contributed by atoms with van der Waals surface area (Å²) < 4.78 is 37.2. The standard InChI is InChI=1S/C13H10F3N5O3S/c14-13(15,16)8-3-1-7(2-4-8)5-17-19-9(22)6-25-11-10(23)18-12(24)21-20-11/h1-5H,6H2,(H,19,22)(H2,18,21,23,24)/b17-5+. The number of alkyl halides is 3. The first-order valence-corrected chi connectivity index (χ1v) is 7.55. The van der Waals surface area contributed by atoms with E-state index in [1.54, 1.807) is 0 Å². The molecular weight excluding hydrogens is 363 g/mol. The molecule has 1 amide bonds. The number of H-pyrrole nitrogens is 2. The highest BCUT2D eigenvalue weighted by Crippen LogP contribution is 2.28. The smallest absolute Gasteiger partial charge is 0.272 e. The molecular formula is C13H10F3N5O3S. The zero-order chi connectivity index (χ0) is 18.4. The summed E-state index contributed by atoms with van der Waals surface area (Å²) in [5.41, 5.74) is 0.234. The van der Waals surface area contributed by atoms with Crippen molar-refractivity contribution in [2.45, 2.75) is 11.2 Å². The topological polar surface area (TPSA) is 120 Å². The van der Waals surface area contributed by atoms with Crippen LogP contribution in [0, 0.1) is 0 Å². The van der Waals surface area contributed by atoms with Crippen LogP contribution in [0.2, 0.25) is 0 Å². The van der Waals surface area contributed by atoms with Gasteiger partial charge in [0.2, 0.25) is 5.91 Å². The summed E-state index contributed by atoms with van der Waals surface area (Å²) in [5.74, 6) is -0.771. The lowest BCUT2D eigenvalue weighted by Crippen LogP contribution is -2.26. The number of hydrogen-bond acceptors (Lipinski definition) is 6. The van der Waals surface area contributed by atoms with Gasteiger partial charge >= 0.3 is 11.9 Å². The molecule has 0 atom stereocenters. The molecule has 0 spiro atoms. The SMILES string of the molecule is O=C(CSc1n[nH]c(=O)[nH]c1=O)N/N=C/c1ccc(C(F)(F)F)cc1. The van der Waals surface area contributed by atoms with Crippen molar-refractivity contribution in [3.05, 3.63) is 56.2 Å². The minimum atomic E-state index is -4.42. The van der Waals surface area contributed by atoms with Crippen LogP contribution in [-0.4, -0.2) is 33.1 Å². The van der Waals surface area contributed by atoms with E-state index in [0.29, 0.717) is 5.56 Å². The van der Waals surface area contributed by atoms with Gasteiger partial charge in [0.1, 0.15) is 0 Å². The second-order valence-corrected chi connectivity index (χ2v) is 5.48. The number of hydrogen-bond donors (Lipinski definition) is 3. The van der Waals surface area contributed by atoms with Gasteiger partial charge < -0.3 is 0 Å². The number of carbonyl (C=O) groups is 1. The molecule has 8 nitrogen and oxygen atoms in total. The number of halogens is 3. The van der Waals surface area contributed by atoms with E-state index in [0.717, 1.165) is 23.9 Å². The summed E-state index contributed by atoms with van der Waals surface area (Å²) in [4.78, 5) is 35.7. The second kappa shape index (κ2) is 7.79. The lowest BCUT2D eigenvalue weighted by Gasteiger charge is -2.05. The number of hydrazone groups is 1. The maximum Gasteiger partial charge on any atom is 0.416 e. The van der Waals surface area contributed by atoms with Crippen LogP contribution >= 0.6 is 11.8 Å². The monoisotopic (exact) mass is 373 g/mol. The zero-order valence-electron chi connectivity index (χ0n) is 12.3. The van der Waals surface area contributed by atoms with Gasteiger partial charge in [0.05, 0.1) is 17.5 Å². The van der Waals surface area contributed by atoms with Crippen molar-refractivity contribution in [2.75, 3.05) is 5.75 Å². The first kappa shape index (κ1) is 18.4. The van der Waals surface area contributed by atoms with Crippen molar-refractivity contribution in [3.63, 3.8) is 0 Å². The van der Waals surface area contributed by atoms with Crippen LogP contribution in [0.3, 0.4) is 0 Å². The molecule has 1 aromatic carbocycles. The zero-order valence-corrected chi connectivity index (χ0v) is 13.1. The van der Waals surface area contributed by atoms with Crippen molar-refractivity contribution in [1.29, 1.82) is 0 Å². The maximum atomic E-state index is 12.4. The number of thioether (sulfide) groups is 1. The number of rotatable bonds is 5. The largest absolute Gasteiger partial charge is 0.416 e. The molecule has 0 saturated carbocycles. The summed E-state index contributed by atoms with van der Waals surface area (Å²) in [6.07, 6.45) is -3.25. The minimum absolute atomic E-state index is 0.0959. The highest BCUT2D eigenvalue weighted by atomic mass is 32.2. The lowest BCUT2D eigenvalue weighted by atomic mass is 10.1. The maximum absolute atomic E-state index is 12.4. The van der Waals surface area contributed by atoms with Crippen LogP contribution in [0.1, 0.15) is 11.1 Å². The van der Waals surface area contributed by atoms with E-state index in [4.69, 9.17) is 0 Å². The lowest BCUT2D eigenvalue weighted by molar-refractivity contribution is -0.137. The molecule has 132 valence electrons.